The minimum absolute atomic E-state index is 0.0783. The van der Waals surface area contributed by atoms with Crippen LogP contribution in [0.4, 0.5) is 4.39 Å². The molecular weight excluding hydrogens is 371 g/mol. The molecule has 1 aromatic carbocycles. The molecule has 2 amide bonds. The second-order valence-corrected chi connectivity index (χ2v) is 7.13. The van der Waals surface area contributed by atoms with E-state index >= 15 is 0 Å². The Hall–Kier alpha value is -2.74. The summed E-state index contributed by atoms with van der Waals surface area (Å²) in [4.78, 5) is 37.9. The SMILES string of the molecule is O=C(COC(=O)CN1CCCC1=O)N[C@H](c1ccc(F)cc1)c1cccs1. The van der Waals surface area contributed by atoms with Gasteiger partial charge < -0.3 is 15.0 Å². The molecule has 6 nitrogen and oxygen atoms in total. The molecule has 1 atom stereocenters. The van der Waals surface area contributed by atoms with Gasteiger partial charge in [-0.15, -0.1) is 11.3 Å². The molecule has 3 rings (SSSR count). The fraction of sp³-hybridized carbons (Fsp3) is 0.316. The highest BCUT2D eigenvalue weighted by molar-refractivity contribution is 7.10. The number of amides is 2. The molecule has 27 heavy (non-hydrogen) atoms. The maximum atomic E-state index is 13.2. The molecule has 1 aliphatic rings. The summed E-state index contributed by atoms with van der Waals surface area (Å²) >= 11 is 1.46. The van der Waals surface area contributed by atoms with Crippen molar-refractivity contribution in [3.05, 3.63) is 58.0 Å². The van der Waals surface area contributed by atoms with Gasteiger partial charge in [0.1, 0.15) is 12.4 Å². The van der Waals surface area contributed by atoms with Gasteiger partial charge in [0.2, 0.25) is 5.91 Å². The zero-order valence-electron chi connectivity index (χ0n) is 14.5. The molecule has 1 aliphatic heterocycles. The van der Waals surface area contributed by atoms with E-state index in [1.807, 2.05) is 17.5 Å². The van der Waals surface area contributed by atoms with E-state index in [-0.39, 0.29) is 18.3 Å². The second-order valence-electron chi connectivity index (χ2n) is 6.15. The lowest BCUT2D eigenvalue weighted by atomic mass is 10.1. The summed E-state index contributed by atoms with van der Waals surface area (Å²) < 4.78 is 18.2. The molecule has 1 fully saturated rings. The monoisotopic (exact) mass is 390 g/mol. The van der Waals surface area contributed by atoms with Crippen LogP contribution in [-0.4, -0.2) is 42.4 Å². The molecule has 0 bridgehead atoms. The van der Waals surface area contributed by atoms with Gasteiger partial charge in [-0.2, -0.15) is 0 Å². The minimum atomic E-state index is -0.616. The smallest absolute Gasteiger partial charge is 0.326 e. The van der Waals surface area contributed by atoms with E-state index in [0.717, 1.165) is 16.9 Å². The predicted molar refractivity (Wildman–Crippen MR) is 97.5 cm³/mol. The van der Waals surface area contributed by atoms with Crippen LogP contribution in [-0.2, 0) is 19.1 Å². The van der Waals surface area contributed by atoms with Gasteiger partial charge in [-0.3, -0.25) is 14.4 Å². The van der Waals surface area contributed by atoms with Gasteiger partial charge in [0.25, 0.3) is 5.91 Å². The zero-order valence-corrected chi connectivity index (χ0v) is 15.3. The number of benzene rings is 1. The van der Waals surface area contributed by atoms with Crippen LogP contribution in [0.3, 0.4) is 0 Å². The topological polar surface area (TPSA) is 75.7 Å². The van der Waals surface area contributed by atoms with Crippen molar-refractivity contribution >= 4 is 29.1 Å². The Morgan fingerprint density at radius 1 is 1.26 bits per heavy atom. The number of nitrogens with one attached hydrogen (secondary N) is 1. The summed E-state index contributed by atoms with van der Waals surface area (Å²) in [5, 5.41) is 4.68. The summed E-state index contributed by atoms with van der Waals surface area (Å²) in [6.45, 7) is -0.0481. The van der Waals surface area contributed by atoms with Crippen molar-refractivity contribution in [2.24, 2.45) is 0 Å². The maximum Gasteiger partial charge on any atom is 0.326 e. The second kappa shape index (κ2) is 8.77. The molecule has 0 radical (unpaired) electrons. The van der Waals surface area contributed by atoms with Crippen LogP contribution in [0.25, 0.3) is 0 Å². The van der Waals surface area contributed by atoms with E-state index in [4.69, 9.17) is 4.74 Å². The molecule has 1 N–H and O–H groups in total. The summed E-state index contributed by atoms with van der Waals surface area (Å²) in [5.74, 6) is -1.53. The number of thiophene rings is 1. The molecule has 2 aromatic rings. The third kappa shape index (κ3) is 5.13. The van der Waals surface area contributed by atoms with Gasteiger partial charge in [0, 0.05) is 17.8 Å². The van der Waals surface area contributed by atoms with Crippen LogP contribution >= 0.6 is 11.3 Å². The Morgan fingerprint density at radius 2 is 2.04 bits per heavy atom. The molecular formula is C19H19FN2O4S. The first-order valence-corrected chi connectivity index (χ1v) is 9.42. The summed E-state index contributed by atoms with van der Waals surface area (Å²) in [7, 11) is 0. The Labute approximate surface area is 159 Å². The van der Waals surface area contributed by atoms with E-state index in [1.54, 1.807) is 12.1 Å². The molecule has 2 heterocycles. The van der Waals surface area contributed by atoms with E-state index < -0.39 is 24.5 Å². The number of ether oxygens (including phenoxy) is 1. The standard InChI is InChI=1S/C19H19FN2O4S/c20-14-7-5-13(6-8-14)19(15-3-2-10-27-15)21-16(23)12-26-18(25)11-22-9-1-4-17(22)24/h2-3,5-8,10,19H,1,4,9,11-12H2,(H,21,23)/t19-/m1/s1. The van der Waals surface area contributed by atoms with E-state index in [9.17, 15) is 18.8 Å². The van der Waals surface area contributed by atoms with Crippen LogP contribution in [0, 0.1) is 5.82 Å². The van der Waals surface area contributed by atoms with Crippen molar-refractivity contribution in [2.45, 2.75) is 18.9 Å². The highest BCUT2D eigenvalue weighted by Crippen LogP contribution is 2.26. The minimum Gasteiger partial charge on any atom is -0.454 e. The van der Waals surface area contributed by atoms with Crippen molar-refractivity contribution in [1.82, 2.24) is 10.2 Å². The number of esters is 1. The Bertz CT molecular complexity index is 808. The first-order valence-electron chi connectivity index (χ1n) is 8.54. The normalized spacial score (nSPS) is 14.9. The van der Waals surface area contributed by atoms with Crippen LogP contribution in [0.15, 0.2) is 41.8 Å². The average molecular weight is 390 g/mol. The number of likely N-dealkylation sites (tertiary alicyclic amines) is 1. The van der Waals surface area contributed by atoms with Gasteiger partial charge >= 0.3 is 5.97 Å². The van der Waals surface area contributed by atoms with Gasteiger partial charge in [0.05, 0.1) is 6.04 Å². The van der Waals surface area contributed by atoms with Crippen molar-refractivity contribution in [3.63, 3.8) is 0 Å². The molecule has 8 heteroatoms. The first kappa shape index (κ1) is 19.0. The molecule has 0 spiro atoms. The average Bonchev–Trinajstić information content (AvgIpc) is 3.31. The molecule has 0 saturated carbocycles. The van der Waals surface area contributed by atoms with E-state index in [0.29, 0.717) is 13.0 Å². The number of carbonyl (C=O) groups excluding carboxylic acids is 3. The number of carbonyl (C=O) groups is 3. The Morgan fingerprint density at radius 3 is 2.67 bits per heavy atom. The largest absolute Gasteiger partial charge is 0.454 e. The number of nitrogens with zero attached hydrogens (tertiary/aromatic N) is 1. The van der Waals surface area contributed by atoms with Crippen molar-refractivity contribution in [3.8, 4) is 0 Å². The van der Waals surface area contributed by atoms with Crippen LogP contribution in [0.1, 0.15) is 29.3 Å². The quantitative estimate of drug-likeness (QED) is 0.736. The van der Waals surface area contributed by atoms with E-state index in [1.165, 1.54) is 28.4 Å². The summed E-state index contributed by atoms with van der Waals surface area (Å²) in [6, 6.07) is 9.12. The molecule has 1 saturated heterocycles. The molecule has 0 aliphatic carbocycles. The van der Waals surface area contributed by atoms with Crippen molar-refractivity contribution in [2.75, 3.05) is 19.7 Å². The fourth-order valence-electron chi connectivity index (χ4n) is 2.85. The van der Waals surface area contributed by atoms with Gasteiger partial charge in [-0.1, -0.05) is 18.2 Å². The fourth-order valence-corrected chi connectivity index (χ4v) is 3.65. The molecule has 142 valence electrons. The lowest BCUT2D eigenvalue weighted by molar-refractivity contribution is -0.151. The predicted octanol–water partition coefficient (Wildman–Crippen LogP) is 2.26. The van der Waals surface area contributed by atoms with Crippen LogP contribution < -0.4 is 5.32 Å². The zero-order chi connectivity index (χ0) is 19.2. The van der Waals surface area contributed by atoms with Crippen LogP contribution in [0.5, 0.6) is 0 Å². The highest BCUT2D eigenvalue weighted by atomic mass is 32.1. The van der Waals surface area contributed by atoms with Crippen LogP contribution in [0.2, 0.25) is 0 Å². The molecule has 0 unspecified atom stereocenters. The van der Waals surface area contributed by atoms with Gasteiger partial charge in [0.15, 0.2) is 6.61 Å². The van der Waals surface area contributed by atoms with Crippen molar-refractivity contribution in [1.29, 1.82) is 0 Å². The van der Waals surface area contributed by atoms with Crippen molar-refractivity contribution < 1.29 is 23.5 Å². The first-order chi connectivity index (χ1) is 13.0. The maximum absolute atomic E-state index is 13.2. The van der Waals surface area contributed by atoms with E-state index in [2.05, 4.69) is 5.32 Å². The van der Waals surface area contributed by atoms with Gasteiger partial charge in [-0.05, 0) is 35.6 Å². The Kier molecular flexibility index (Phi) is 6.18. The lowest BCUT2D eigenvalue weighted by Crippen LogP contribution is -2.36. The number of halogens is 1. The lowest BCUT2D eigenvalue weighted by Gasteiger charge is -2.19. The summed E-state index contributed by atoms with van der Waals surface area (Å²) in [5.41, 5.74) is 0.723. The summed E-state index contributed by atoms with van der Waals surface area (Å²) in [6.07, 6.45) is 1.17. The Balaban J connectivity index is 1.57. The third-order valence-electron chi connectivity index (χ3n) is 4.19. The van der Waals surface area contributed by atoms with Gasteiger partial charge in [-0.25, -0.2) is 4.39 Å². The third-order valence-corrected chi connectivity index (χ3v) is 5.13. The number of hydrogen-bond donors (Lipinski definition) is 1. The number of rotatable bonds is 7. The number of hydrogen-bond acceptors (Lipinski definition) is 5. The highest BCUT2D eigenvalue weighted by Gasteiger charge is 2.24. The molecule has 1 aromatic heterocycles.